The average molecular weight is 309 g/mol. The van der Waals surface area contributed by atoms with Crippen molar-refractivity contribution >= 4 is 12.0 Å². The Morgan fingerprint density at radius 1 is 1.30 bits per heavy atom. The van der Waals surface area contributed by atoms with Gasteiger partial charge in [-0.2, -0.15) is 0 Å². The van der Waals surface area contributed by atoms with Crippen molar-refractivity contribution in [2.45, 2.75) is 18.9 Å². The van der Waals surface area contributed by atoms with E-state index in [1.807, 2.05) is 31.2 Å². The third-order valence-corrected chi connectivity index (χ3v) is 4.27. The number of nitrogens with zero attached hydrogens (tertiary/aromatic N) is 3. The summed E-state index contributed by atoms with van der Waals surface area (Å²) in [5.41, 5.74) is 0.783. The molecule has 1 saturated heterocycles. The van der Waals surface area contributed by atoms with Crippen molar-refractivity contribution in [2.75, 3.05) is 24.6 Å². The van der Waals surface area contributed by atoms with Crippen LogP contribution in [-0.2, 0) is 0 Å². The van der Waals surface area contributed by atoms with E-state index in [-0.39, 0.29) is 5.60 Å². The molecule has 4 rings (SSSR count). The molecule has 1 atom stereocenters. The first-order valence-electron chi connectivity index (χ1n) is 7.95. The molecule has 2 aliphatic rings. The molecule has 23 heavy (non-hydrogen) atoms. The molecule has 1 aromatic carbocycles. The maximum Gasteiger partial charge on any atom is 0.225 e. The first kappa shape index (κ1) is 14.1. The largest absolute Gasteiger partial charge is 0.494 e. The van der Waals surface area contributed by atoms with E-state index in [0.717, 1.165) is 42.5 Å². The summed E-state index contributed by atoms with van der Waals surface area (Å²) >= 11 is 0. The highest BCUT2D eigenvalue weighted by Crippen LogP contribution is 2.38. The minimum absolute atomic E-state index is 0.308. The maximum atomic E-state index is 6.36. The average Bonchev–Trinajstić information content (AvgIpc) is 2.99. The summed E-state index contributed by atoms with van der Waals surface area (Å²) in [5.74, 6) is 2.49. The number of benzene rings is 1. The van der Waals surface area contributed by atoms with Gasteiger partial charge in [-0.25, -0.2) is 9.97 Å². The molecule has 3 heterocycles. The van der Waals surface area contributed by atoms with Gasteiger partial charge in [0.15, 0.2) is 0 Å². The van der Waals surface area contributed by atoms with Gasteiger partial charge in [0.2, 0.25) is 5.95 Å². The molecule has 0 bridgehead atoms. The highest BCUT2D eigenvalue weighted by molar-refractivity contribution is 5.63. The van der Waals surface area contributed by atoms with Gasteiger partial charge in [0.25, 0.3) is 0 Å². The number of rotatable bonds is 3. The molecule has 1 spiro atoms. The normalized spacial score (nSPS) is 22.0. The molecule has 5 nitrogen and oxygen atoms in total. The monoisotopic (exact) mass is 309 g/mol. The van der Waals surface area contributed by atoms with Crippen LogP contribution in [0.15, 0.2) is 42.7 Å². The Balaban J connectivity index is 1.57. The Labute approximate surface area is 135 Å². The molecule has 2 aliphatic heterocycles. The molecule has 1 unspecified atom stereocenters. The smallest absolute Gasteiger partial charge is 0.225 e. The van der Waals surface area contributed by atoms with Crippen molar-refractivity contribution in [3.05, 3.63) is 48.3 Å². The van der Waals surface area contributed by atoms with Gasteiger partial charge in [-0.15, -0.1) is 0 Å². The third kappa shape index (κ3) is 2.63. The molecular formula is C18H19N3O2. The van der Waals surface area contributed by atoms with Crippen LogP contribution < -0.4 is 14.4 Å². The third-order valence-electron chi connectivity index (χ3n) is 4.27. The lowest BCUT2D eigenvalue weighted by Gasteiger charge is -2.31. The van der Waals surface area contributed by atoms with Gasteiger partial charge in [-0.1, -0.05) is 6.08 Å². The summed E-state index contributed by atoms with van der Waals surface area (Å²) in [6.07, 6.45) is 8.77. The van der Waals surface area contributed by atoms with Crippen LogP contribution in [0.4, 0.5) is 5.95 Å². The summed E-state index contributed by atoms with van der Waals surface area (Å²) in [6.45, 7) is 4.27. The van der Waals surface area contributed by atoms with Crippen molar-refractivity contribution in [1.29, 1.82) is 0 Å². The van der Waals surface area contributed by atoms with Gasteiger partial charge in [-0.05, 0) is 31.2 Å². The minimum atomic E-state index is -0.308. The Kier molecular flexibility index (Phi) is 3.41. The molecule has 118 valence electrons. The van der Waals surface area contributed by atoms with Gasteiger partial charge in [0.1, 0.15) is 17.1 Å². The number of fused-ring (bicyclic) bond motifs is 1. The summed E-state index contributed by atoms with van der Waals surface area (Å²) in [6, 6.07) is 7.83. The minimum Gasteiger partial charge on any atom is -0.494 e. The first-order valence-corrected chi connectivity index (χ1v) is 7.95. The van der Waals surface area contributed by atoms with Crippen LogP contribution in [0.25, 0.3) is 6.08 Å². The highest BCUT2D eigenvalue weighted by atomic mass is 16.5. The lowest BCUT2D eigenvalue weighted by molar-refractivity contribution is 0.140. The van der Waals surface area contributed by atoms with Crippen LogP contribution in [0, 0.1) is 0 Å². The van der Waals surface area contributed by atoms with Crippen LogP contribution in [0.1, 0.15) is 18.9 Å². The van der Waals surface area contributed by atoms with E-state index in [2.05, 4.69) is 27.0 Å². The van der Waals surface area contributed by atoms with Crippen molar-refractivity contribution < 1.29 is 9.47 Å². The summed E-state index contributed by atoms with van der Waals surface area (Å²) in [4.78, 5) is 10.8. The lowest BCUT2D eigenvalue weighted by atomic mass is 9.97. The SMILES string of the molecule is CCOc1ccc2c(c1)OC1(C=C2)CCN(c2ncccn2)C1. The van der Waals surface area contributed by atoms with Crippen molar-refractivity contribution in [3.8, 4) is 11.5 Å². The van der Waals surface area contributed by atoms with E-state index in [1.54, 1.807) is 12.4 Å². The first-order chi connectivity index (χ1) is 11.3. The Morgan fingerprint density at radius 3 is 3.00 bits per heavy atom. The van der Waals surface area contributed by atoms with Crippen LogP contribution in [0.3, 0.4) is 0 Å². The molecule has 0 aliphatic carbocycles. The van der Waals surface area contributed by atoms with Gasteiger partial charge in [0, 0.05) is 37.0 Å². The number of ether oxygens (including phenoxy) is 2. The lowest BCUT2D eigenvalue weighted by Crippen LogP contribution is -2.39. The van der Waals surface area contributed by atoms with Gasteiger partial charge in [-0.3, -0.25) is 0 Å². The van der Waals surface area contributed by atoms with E-state index in [1.165, 1.54) is 0 Å². The topological polar surface area (TPSA) is 47.5 Å². The molecule has 0 saturated carbocycles. The number of hydrogen-bond donors (Lipinski definition) is 0. The fraction of sp³-hybridized carbons (Fsp3) is 0.333. The van der Waals surface area contributed by atoms with E-state index in [9.17, 15) is 0 Å². The quantitative estimate of drug-likeness (QED) is 0.872. The predicted octanol–water partition coefficient (Wildman–Crippen LogP) is 2.93. The molecule has 0 N–H and O–H groups in total. The van der Waals surface area contributed by atoms with Gasteiger partial charge >= 0.3 is 0 Å². The number of aromatic nitrogens is 2. The second-order valence-corrected chi connectivity index (χ2v) is 5.85. The Morgan fingerprint density at radius 2 is 2.17 bits per heavy atom. The van der Waals surface area contributed by atoms with E-state index in [4.69, 9.17) is 9.47 Å². The molecule has 2 aromatic rings. The fourth-order valence-electron chi connectivity index (χ4n) is 3.14. The zero-order valence-electron chi connectivity index (χ0n) is 13.1. The van der Waals surface area contributed by atoms with E-state index in [0.29, 0.717) is 6.61 Å². The van der Waals surface area contributed by atoms with E-state index >= 15 is 0 Å². The molecule has 0 radical (unpaired) electrons. The second-order valence-electron chi connectivity index (χ2n) is 5.85. The Hall–Kier alpha value is -2.56. The number of anilines is 1. The van der Waals surface area contributed by atoms with Gasteiger partial charge < -0.3 is 14.4 Å². The summed E-state index contributed by atoms with van der Waals surface area (Å²) in [5, 5.41) is 0. The van der Waals surface area contributed by atoms with Gasteiger partial charge in [0.05, 0.1) is 13.2 Å². The molecule has 5 heteroatoms. The highest BCUT2D eigenvalue weighted by Gasteiger charge is 2.41. The summed E-state index contributed by atoms with van der Waals surface area (Å²) in [7, 11) is 0. The van der Waals surface area contributed by atoms with Crippen molar-refractivity contribution in [1.82, 2.24) is 9.97 Å². The number of hydrogen-bond acceptors (Lipinski definition) is 5. The zero-order chi connectivity index (χ0) is 15.7. The molecule has 1 fully saturated rings. The molecule has 0 amide bonds. The zero-order valence-corrected chi connectivity index (χ0v) is 13.1. The van der Waals surface area contributed by atoms with Crippen LogP contribution in [-0.4, -0.2) is 35.3 Å². The standard InChI is InChI=1S/C18H19N3O2/c1-2-22-15-5-4-14-6-7-18(23-16(14)12-15)8-11-21(13-18)17-19-9-3-10-20-17/h3-7,9-10,12H,2,8,11,13H2,1H3. The van der Waals surface area contributed by atoms with E-state index < -0.39 is 0 Å². The van der Waals surface area contributed by atoms with Crippen LogP contribution >= 0.6 is 0 Å². The van der Waals surface area contributed by atoms with Crippen LogP contribution in [0.5, 0.6) is 11.5 Å². The second kappa shape index (κ2) is 5.57. The molecule has 1 aromatic heterocycles. The maximum absolute atomic E-state index is 6.36. The Bertz CT molecular complexity index is 732. The molecular weight excluding hydrogens is 290 g/mol. The van der Waals surface area contributed by atoms with Crippen molar-refractivity contribution in [2.24, 2.45) is 0 Å². The fourth-order valence-corrected chi connectivity index (χ4v) is 3.14. The summed E-state index contributed by atoms with van der Waals surface area (Å²) < 4.78 is 11.9. The van der Waals surface area contributed by atoms with Crippen molar-refractivity contribution in [3.63, 3.8) is 0 Å². The predicted molar refractivity (Wildman–Crippen MR) is 88.9 cm³/mol. The van der Waals surface area contributed by atoms with Crippen LogP contribution in [0.2, 0.25) is 0 Å².